The van der Waals surface area contributed by atoms with Gasteiger partial charge < -0.3 is 10.2 Å². The van der Waals surface area contributed by atoms with Crippen molar-refractivity contribution in [2.75, 3.05) is 12.0 Å². The van der Waals surface area contributed by atoms with Crippen molar-refractivity contribution in [2.45, 2.75) is 26.8 Å². The summed E-state index contributed by atoms with van der Waals surface area (Å²) in [4.78, 5) is 0. The lowest BCUT2D eigenvalue weighted by molar-refractivity contribution is 0.340. The third-order valence-corrected chi connectivity index (χ3v) is 3.36. The zero-order valence-electron chi connectivity index (χ0n) is 11.4. The van der Waals surface area contributed by atoms with Gasteiger partial charge in [0.15, 0.2) is 5.82 Å². The van der Waals surface area contributed by atoms with E-state index >= 15 is 0 Å². The fourth-order valence-electron chi connectivity index (χ4n) is 1.83. The van der Waals surface area contributed by atoms with Crippen LogP contribution in [0.5, 0.6) is 5.75 Å². The minimum absolute atomic E-state index is 0.555. The number of hydrogen-bond acceptors (Lipinski definition) is 4. The van der Waals surface area contributed by atoms with Gasteiger partial charge in [-0.3, -0.25) is 5.10 Å². The minimum Gasteiger partial charge on any atom is -0.492 e. The van der Waals surface area contributed by atoms with Crippen molar-refractivity contribution in [1.82, 2.24) is 14.9 Å². The molecule has 0 saturated carbocycles. The Labute approximate surface area is 127 Å². The number of aromatic nitrogens is 3. The Morgan fingerprint density at radius 2 is 2.25 bits per heavy atom. The third kappa shape index (κ3) is 3.32. The van der Waals surface area contributed by atoms with E-state index in [1.807, 2.05) is 32.0 Å². The highest BCUT2D eigenvalue weighted by atomic mass is 35.5. The third-order valence-electron chi connectivity index (χ3n) is 2.80. The van der Waals surface area contributed by atoms with Crippen LogP contribution in [0.4, 0.5) is 0 Å². The van der Waals surface area contributed by atoms with Gasteiger partial charge in [0.2, 0.25) is 4.77 Å². The molecule has 0 aliphatic carbocycles. The van der Waals surface area contributed by atoms with Crippen molar-refractivity contribution >= 4 is 23.8 Å². The Morgan fingerprint density at radius 1 is 1.45 bits per heavy atom. The van der Waals surface area contributed by atoms with Crippen LogP contribution in [-0.2, 0) is 13.0 Å². The van der Waals surface area contributed by atoms with Crippen LogP contribution in [-0.4, -0.2) is 21.5 Å². The molecule has 0 spiro atoms. The van der Waals surface area contributed by atoms with Gasteiger partial charge >= 0.3 is 0 Å². The number of nitrogens with one attached hydrogen (secondary N) is 2. The SMILES string of the molecule is CCOc1ccc(CNn2c(CC)n[nH]c2=S)cc1Cl. The highest BCUT2D eigenvalue weighted by molar-refractivity contribution is 7.71. The van der Waals surface area contributed by atoms with Gasteiger partial charge in [-0.2, -0.15) is 5.10 Å². The topological polar surface area (TPSA) is 54.9 Å². The maximum atomic E-state index is 6.16. The van der Waals surface area contributed by atoms with Crippen LogP contribution in [0.25, 0.3) is 0 Å². The fourth-order valence-corrected chi connectivity index (χ4v) is 2.30. The lowest BCUT2D eigenvalue weighted by atomic mass is 10.2. The summed E-state index contributed by atoms with van der Waals surface area (Å²) < 4.78 is 7.74. The average Bonchev–Trinajstić information content (AvgIpc) is 2.80. The smallest absolute Gasteiger partial charge is 0.214 e. The van der Waals surface area contributed by atoms with E-state index in [0.29, 0.717) is 28.7 Å². The zero-order chi connectivity index (χ0) is 14.5. The van der Waals surface area contributed by atoms with Gasteiger partial charge in [-0.25, -0.2) is 4.68 Å². The number of ether oxygens (including phenoxy) is 1. The van der Waals surface area contributed by atoms with E-state index in [1.165, 1.54) is 0 Å². The molecule has 1 heterocycles. The normalized spacial score (nSPS) is 10.6. The second-order valence-electron chi connectivity index (χ2n) is 4.17. The van der Waals surface area contributed by atoms with Gasteiger partial charge in [0.05, 0.1) is 18.2 Å². The van der Waals surface area contributed by atoms with Crippen LogP contribution in [0.3, 0.4) is 0 Å². The summed E-state index contributed by atoms with van der Waals surface area (Å²) in [6, 6.07) is 5.73. The highest BCUT2D eigenvalue weighted by Gasteiger charge is 2.05. The Balaban J connectivity index is 2.09. The van der Waals surface area contributed by atoms with Crippen molar-refractivity contribution in [3.8, 4) is 5.75 Å². The minimum atomic E-state index is 0.555. The van der Waals surface area contributed by atoms with Gasteiger partial charge in [0.25, 0.3) is 0 Å². The average molecular weight is 313 g/mol. The molecule has 0 bridgehead atoms. The molecule has 0 aliphatic rings. The van der Waals surface area contributed by atoms with Crippen molar-refractivity contribution < 1.29 is 4.74 Å². The highest BCUT2D eigenvalue weighted by Crippen LogP contribution is 2.25. The first-order chi connectivity index (χ1) is 9.65. The maximum absolute atomic E-state index is 6.16. The molecule has 2 N–H and O–H groups in total. The number of halogens is 1. The molecule has 0 unspecified atom stereocenters. The van der Waals surface area contributed by atoms with Gasteiger partial charge in [-0.1, -0.05) is 24.6 Å². The number of rotatable bonds is 6. The van der Waals surface area contributed by atoms with Crippen LogP contribution in [0.1, 0.15) is 25.2 Å². The van der Waals surface area contributed by atoms with Crippen molar-refractivity contribution in [3.05, 3.63) is 39.4 Å². The number of hydrogen-bond donors (Lipinski definition) is 2. The summed E-state index contributed by atoms with van der Waals surface area (Å²) in [6.45, 7) is 5.16. The van der Waals surface area contributed by atoms with Crippen LogP contribution >= 0.6 is 23.8 Å². The Hall–Kier alpha value is -1.53. The van der Waals surface area contributed by atoms with E-state index < -0.39 is 0 Å². The van der Waals surface area contributed by atoms with Crippen LogP contribution in [0, 0.1) is 4.77 Å². The van der Waals surface area contributed by atoms with Gasteiger partial charge in [0, 0.05) is 6.42 Å². The molecule has 2 rings (SSSR count). The Kier molecular flexibility index (Phi) is 5.03. The molecule has 0 fully saturated rings. The molecule has 5 nitrogen and oxygen atoms in total. The number of aryl methyl sites for hydroxylation is 1. The number of nitrogens with zero attached hydrogens (tertiary/aromatic N) is 2. The van der Waals surface area contributed by atoms with Gasteiger partial charge in [-0.15, -0.1) is 0 Å². The predicted molar refractivity (Wildman–Crippen MR) is 82.5 cm³/mol. The monoisotopic (exact) mass is 312 g/mol. The largest absolute Gasteiger partial charge is 0.492 e. The van der Waals surface area contributed by atoms with Crippen molar-refractivity contribution in [1.29, 1.82) is 0 Å². The summed E-state index contributed by atoms with van der Waals surface area (Å²) in [7, 11) is 0. The molecule has 0 amide bonds. The van der Waals surface area contributed by atoms with Crippen molar-refractivity contribution in [2.24, 2.45) is 0 Å². The van der Waals surface area contributed by atoms with E-state index in [-0.39, 0.29) is 0 Å². The van der Waals surface area contributed by atoms with E-state index in [9.17, 15) is 0 Å². The first-order valence-corrected chi connectivity index (χ1v) is 7.25. The molecule has 1 aromatic carbocycles. The first kappa shape index (κ1) is 14.9. The van der Waals surface area contributed by atoms with E-state index in [2.05, 4.69) is 15.6 Å². The van der Waals surface area contributed by atoms with Crippen LogP contribution < -0.4 is 10.2 Å². The lowest BCUT2D eigenvalue weighted by Crippen LogP contribution is -2.17. The van der Waals surface area contributed by atoms with Gasteiger partial charge in [-0.05, 0) is 36.8 Å². The lowest BCUT2D eigenvalue weighted by Gasteiger charge is -2.11. The second-order valence-corrected chi connectivity index (χ2v) is 4.96. The van der Waals surface area contributed by atoms with Crippen LogP contribution in [0.2, 0.25) is 5.02 Å². The summed E-state index contributed by atoms with van der Waals surface area (Å²) in [5, 5.41) is 7.52. The molecule has 0 saturated heterocycles. The predicted octanol–water partition coefficient (Wildman–Crippen LogP) is 3.30. The second kappa shape index (κ2) is 6.76. The summed E-state index contributed by atoms with van der Waals surface area (Å²) in [5.74, 6) is 1.57. The summed E-state index contributed by atoms with van der Waals surface area (Å²) in [5.41, 5.74) is 4.27. The van der Waals surface area contributed by atoms with E-state index in [1.54, 1.807) is 4.68 Å². The standard InChI is InChI=1S/C13H17ClN4OS/c1-3-12-16-17-13(20)18(12)15-8-9-5-6-11(19-4-2)10(14)7-9/h5-7,15H,3-4,8H2,1-2H3,(H,17,20). The molecule has 7 heteroatoms. The van der Waals surface area contributed by atoms with E-state index in [4.69, 9.17) is 28.6 Å². The Bertz CT molecular complexity index is 638. The maximum Gasteiger partial charge on any atom is 0.214 e. The molecule has 0 radical (unpaired) electrons. The summed E-state index contributed by atoms with van der Waals surface area (Å²) in [6.07, 6.45) is 0.796. The molecular weight excluding hydrogens is 296 g/mol. The van der Waals surface area contributed by atoms with Gasteiger partial charge in [0.1, 0.15) is 5.75 Å². The van der Waals surface area contributed by atoms with Crippen LogP contribution in [0.15, 0.2) is 18.2 Å². The zero-order valence-corrected chi connectivity index (χ0v) is 13.0. The van der Waals surface area contributed by atoms with E-state index in [0.717, 1.165) is 17.8 Å². The number of benzene rings is 1. The fraction of sp³-hybridized carbons (Fsp3) is 0.385. The molecular formula is C13H17ClN4OS. The van der Waals surface area contributed by atoms with Crippen molar-refractivity contribution in [3.63, 3.8) is 0 Å². The molecule has 0 aliphatic heterocycles. The molecule has 20 heavy (non-hydrogen) atoms. The Morgan fingerprint density at radius 3 is 2.90 bits per heavy atom. The number of aromatic amines is 1. The molecule has 2 aromatic rings. The quantitative estimate of drug-likeness (QED) is 0.804. The summed E-state index contributed by atoms with van der Waals surface area (Å²) >= 11 is 11.3. The number of H-pyrrole nitrogens is 1. The molecule has 1 aromatic heterocycles. The first-order valence-electron chi connectivity index (χ1n) is 6.47. The molecule has 0 atom stereocenters. The molecule has 108 valence electrons.